The lowest BCUT2D eigenvalue weighted by Gasteiger charge is -2.14. The summed E-state index contributed by atoms with van der Waals surface area (Å²) < 4.78 is 11.6. The van der Waals surface area contributed by atoms with Crippen LogP contribution in [0.5, 0.6) is 11.5 Å². The van der Waals surface area contributed by atoms with Crippen LogP contribution in [0.25, 0.3) is 6.08 Å². The van der Waals surface area contributed by atoms with E-state index in [9.17, 15) is 10.1 Å². The minimum Gasteiger partial charge on any atom is -0.490 e. The number of hydrogen-bond donors (Lipinski definition) is 1. The van der Waals surface area contributed by atoms with Gasteiger partial charge in [0.05, 0.1) is 6.61 Å². The van der Waals surface area contributed by atoms with Gasteiger partial charge in [0, 0.05) is 26.3 Å². The number of rotatable bonds is 8. The molecule has 8 heteroatoms. The van der Waals surface area contributed by atoms with Crippen LogP contribution in [0, 0.1) is 18.3 Å². The maximum Gasteiger partial charge on any atom is 0.266 e. The van der Waals surface area contributed by atoms with Crippen molar-refractivity contribution >= 4 is 52.5 Å². The van der Waals surface area contributed by atoms with Gasteiger partial charge in [-0.15, -0.1) is 0 Å². The van der Waals surface area contributed by atoms with Crippen LogP contribution in [-0.2, 0) is 11.4 Å². The van der Waals surface area contributed by atoms with E-state index in [-0.39, 0.29) is 12.2 Å². The van der Waals surface area contributed by atoms with Crippen molar-refractivity contribution < 1.29 is 14.3 Å². The molecule has 34 heavy (non-hydrogen) atoms. The van der Waals surface area contributed by atoms with Crippen LogP contribution in [0.15, 0.2) is 60.2 Å². The summed E-state index contributed by atoms with van der Waals surface area (Å²) in [6.07, 6.45) is 1.48. The van der Waals surface area contributed by atoms with Crippen molar-refractivity contribution in [3.63, 3.8) is 0 Å². The lowest BCUT2D eigenvalue weighted by Crippen LogP contribution is -2.14. The van der Waals surface area contributed by atoms with Gasteiger partial charge in [0.2, 0.25) is 0 Å². The van der Waals surface area contributed by atoms with Gasteiger partial charge in [-0.25, -0.2) is 0 Å². The molecule has 0 radical (unpaired) electrons. The fraction of sp³-hybridized carbons (Fsp3) is 0.154. The van der Waals surface area contributed by atoms with Crippen LogP contribution in [0.2, 0.25) is 15.1 Å². The number of anilines is 1. The van der Waals surface area contributed by atoms with E-state index in [1.165, 1.54) is 6.08 Å². The molecule has 0 aliphatic rings. The van der Waals surface area contributed by atoms with Crippen molar-refractivity contribution in [3.05, 3.63) is 91.9 Å². The van der Waals surface area contributed by atoms with Gasteiger partial charge in [0.25, 0.3) is 5.91 Å². The van der Waals surface area contributed by atoms with Gasteiger partial charge in [0.1, 0.15) is 18.2 Å². The smallest absolute Gasteiger partial charge is 0.266 e. The second kappa shape index (κ2) is 11.8. The molecule has 0 atom stereocenters. The Morgan fingerprint density at radius 1 is 1.00 bits per heavy atom. The van der Waals surface area contributed by atoms with E-state index in [2.05, 4.69) is 5.32 Å². The van der Waals surface area contributed by atoms with Crippen LogP contribution in [0.1, 0.15) is 23.6 Å². The fourth-order valence-corrected chi connectivity index (χ4v) is 3.67. The molecule has 1 N–H and O–H groups in total. The monoisotopic (exact) mass is 514 g/mol. The number of carbonyl (C=O) groups is 1. The predicted molar refractivity (Wildman–Crippen MR) is 137 cm³/mol. The highest BCUT2D eigenvalue weighted by atomic mass is 35.5. The number of amides is 1. The first-order valence-electron chi connectivity index (χ1n) is 10.3. The quantitative estimate of drug-likeness (QED) is 0.249. The van der Waals surface area contributed by atoms with E-state index >= 15 is 0 Å². The molecule has 0 fully saturated rings. The molecule has 0 aliphatic carbocycles. The molecule has 0 unspecified atom stereocenters. The summed E-state index contributed by atoms with van der Waals surface area (Å²) in [5, 5.41) is 13.8. The number of hydrogen-bond acceptors (Lipinski definition) is 4. The average Bonchev–Trinajstić information content (AvgIpc) is 2.80. The highest BCUT2D eigenvalue weighted by Gasteiger charge is 2.13. The van der Waals surface area contributed by atoms with E-state index in [0.29, 0.717) is 44.4 Å². The number of nitriles is 1. The minimum atomic E-state index is -0.538. The Labute approximate surface area is 213 Å². The number of ether oxygens (including phenoxy) is 2. The molecular weight excluding hydrogens is 495 g/mol. The molecule has 0 bridgehead atoms. The number of nitrogens with zero attached hydrogens (tertiary/aromatic N) is 1. The molecular formula is C26H21Cl3N2O3. The molecule has 0 aliphatic heterocycles. The van der Waals surface area contributed by atoms with Gasteiger partial charge < -0.3 is 14.8 Å². The third-order valence-electron chi connectivity index (χ3n) is 4.79. The molecule has 5 nitrogen and oxygen atoms in total. The van der Waals surface area contributed by atoms with Gasteiger partial charge in [-0.3, -0.25) is 4.79 Å². The lowest BCUT2D eigenvalue weighted by molar-refractivity contribution is -0.112. The Balaban J connectivity index is 1.81. The highest BCUT2D eigenvalue weighted by Crippen LogP contribution is 2.31. The van der Waals surface area contributed by atoms with Crippen molar-refractivity contribution in [2.75, 3.05) is 11.9 Å². The fourth-order valence-electron chi connectivity index (χ4n) is 3.03. The zero-order valence-electron chi connectivity index (χ0n) is 18.5. The summed E-state index contributed by atoms with van der Waals surface area (Å²) >= 11 is 18.2. The molecule has 0 saturated heterocycles. The van der Waals surface area contributed by atoms with E-state index in [0.717, 1.165) is 11.1 Å². The number of nitrogens with one attached hydrogen (secondary N) is 1. The molecule has 3 rings (SSSR count). The summed E-state index contributed by atoms with van der Waals surface area (Å²) in [6.45, 7) is 4.32. The SMILES string of the molecule is CCOc1cc(/C=C(\C#N)C(=O)Nc2cc(Cl)ccc2C)ccc1OCc1ccc(Cl)cc1Cl. The number of aryl methyl sites for hydroxylation is 1. The largest absolute Gasteiger partial charge is 0.490 e. The van der Waals surface area contributed by atoms with Gasteiger partial charge in [-0.2, -0.15) is 5.26 Å². The minimum absolute atomic E-state index is 0.0663. The van der Waals surface area contributed by atoms with Crippen molar-refractivity contribution in [1.82, 2.24) is 0 Å². The molecule has 0 aromatic heterocycles. The zero-order valence-corrected chi connectivity index (χ0v) is 20.8. The maximum atomic E-state index is 12.7. The van der Waals surface area contributed by atoms with E-state index < -0.39 is 5.91 Å². The molecule has 0 spiro atoms. The molecule has 3 aromatic carbocycles. The summed E-state index contributed by atoms with van der Waals surface area (Å²) in [4.78, 5) is 12.7. The Morgan fingerprint density at radius 2 is 1.74 bits per heavy atom. The first kappa shape index (κ1) is 25.5. The second-order valence-electron chi connectivity index (χ2n) is 7.25. The standard InChI is InChI=1S/C26H21Cl3N2O3/c1-3-33-25-11-17(5-9-24(25)34-15-18-6-8-20(27)12-22(18)29)10-19(14-30)26(32)31-23-13-21(28)7-4-16(23)2/h4-13H,3,15H2,1-2H3,(H,31,32)/b19-10+. The third kappa shape index (κ3) is 6.68. The topological polar surface area (TPSA) is 71.3 Å². The van der Waals surface area contributed by atoms with Gasteiger partial charge in [-0.1, -0.05) is 53.0 Å². The number of benzene rings is 3. The summed E-state index contributed by atoms with van der Waals surface area (Å²) in [5.74, 6) is 0.441. The average molecular weight is 516 g/mol. The molecule has 1 amide bonds. The van der Waals surface area contributed by atoms with E-state index in [1.807, 2.05) is 19.9 Å². The summed E-state index contributed by atoms with van der Waals surface area (Å²) in [6, 6.07) is 17.4. The Morgan fingerprint density at radius 3 is 2.44 bits per heavy atom. The zero-order chi connectivity index (χ0) is 24.7. The highest BCUT2D eigenvalue weighted by molar-refractivity contribution is 6.35. The van der Waals surface area contributed by atoms with Crippen LogP contribution in [0.4, 0.5) is 5.69 Å². The van der Waals surface area contributed by atoms with Crippen LogP contribution >= 0.6 is 34.8 Å². The predicted octanol–water partition coefficient (Wildman–Crippen LogP) is 7.48. The molecule has 0 heterocycles. The Hall–Kier alpha value is -3.17. The maximum absolute atomic E-state index is 12.7. The van der Waals surface area contributed by atoms with Crippen LogP contribution in [-0.4, -0.2) is 12.5 Å². The van der Waals surface area contributed by atoms with Crippen LogP contribution < -0.4 is 14.8 Å². The lowest BCUT2D eigenvalue weighted by atomic mass is 10.1. The van der Waals surface area contributed by atoms with Crippen molar-refractivity contribution in [2.45, 2.75) is 20.5 Å². The van der Waals surface area contributed by atoms with Gasteiger partial charge in [-0.05, 0) is 67.4 Å². The first-order valence-corrected chi connectivity index (χ1v) is 11.5. The van der Waals surface area contributed by atoms with E-state index in [4.69, 9.17) is 44.3 Å². The Kier molecular flexibility index (Phi) is 8.84. The normalized spacial score (nSPS) is 11.0. The number of carbonyl (C=O) groups excluding carboxylic acids is 1. The van der Waals surface area contributed by atoms with E-state index in [1.54, 1.807) is 54.6 Å². The van der Waals surface area contributed by atoms with Crippen molar-refractivity contribution in [3.8, 4) is 17.6 Å². The van der Waals surface area contributed by atoms with Gasteiger partial charge in [0.15, 0.2) is 11.5 Å². The number of halogens is 3. The summed E-state index contributed by atoms with van der Waals surface area (Å²) in [7, 11) is 0. The molecule has 174 valence electrons. The molecule has 0 saturated carbocycles. The summed E-state index contributed by atoms with van der Waals surface area (Å²) in [5.41, 5.74) is 2.68. The first-order chi connectivity index (χ1) is 16.3. The van der Waals surface area contributed by atoms with Crippen molar-refractivity contribution in [2.24, 2.45) is 0 Å². The second-order valence-corrected chi connectivity index (χ2v) is 8.53. The van der Waals surface area contributed by atoms with Gasteiger partial charge >= 0.3 is 0 Å². The third-order valence-corrected chi connectivity index (χ3v) is 5.61. The Bertz CT molecular complexity index is 1280. The molecule has 3 aromatic rings. The van der Waals surface area contributed by atoms with Crippen molar-refractivity contribution in [1.29, 1.82) is 5.26 Å². The van der Waals surface area contributed by atoms with Crippen LogP contribution in [0.3, 0.4) is 0 Å².